The van der Waals surface area contributed by atoms with E-state index in [1.807, 2.05) is 13.0 Å². The molecule has 2 heterocycles. The standard InChI is InChI=1S/C15H16N4O3/c1-9-7-11(18-17-9)8-16-14(20)10(2)19-12-5-3-4-6-13(12)22-15(19)21/h3-7,10H,8H2,1-2H3,(H,16,20)(H,17,18). The van der Waals surface area contributed by atoms with Crippen LogP contribution >= 0.6 is 0 Å². The largest absolute Gasteiger partial charge is 0.420 e. The van der Waals surface area contributed by atoms with Crippen LogP contribution in [0.25, 0.3) is 11.1 Å². The molecule has 3 rings (SSSR count). The Hall–Kier alpha value is -2.83. The summed E-state index contributed by atoms with van der Waals surface area (Å²) in [7, 11) is 0. The van der Waals surface area contributed by atoms with Crippen molar-refractivity contribution < 1.29 is 9.21 Å². The third-order valence-electron chi connectivity index (χ3n) is 3.49. The van der Waals surface area contributed by atoms with Crippen LogP contribution in [-0.2, 0) is 11.3 Å². The fraction of sp³-hybridized carbons (Fsp3) is 0.267. The molecule has 2 aromatic heterocycles. The fourth-order valence-electron chi connectivity index (χ4n) is 2.36. The molecule has 1 unspecified atom stereocenters. The van der Waals surface area contributed by atoms with Gasteiger partial charge in [-0.1, -0.05) is 12.1 Å². The van der Waals surface area contributed by atoms with E-state index in [1.165, 1.54) is 4.57 Å². The molecular formula is C15H16N4O3. The van der Waals surface area contributed by atoms with E-state index < -0.39 is 11.8 Å². The van der Waals surface area contributed by atoms with E-state index in [-0.39, 0.29) is 5.91 Å². The van der Waals surface area contributed by atoms with Crippen molar-refractivity contribution >= 4 is 17.0 Å². The molecule has 1 amide bonds. The second kappa shape index (κ2) is 5.51. The Morgan fingerprint density at radius 2 is 2.23 bits per heavy atom. The summed E-state index contributed by atoms with van der Waals surface area (Å²) in [6.07, 6.45) is 0. The maximum atomic E-state index is 12.3. The first kappa shape index (κ1) is 14.1. The van der Waals surface area contributed by atoms with E-state index in [4.69, 9.17) is 4.42 Å². The average molecular weight is 300 g/mol. The number of oxazole rings is 1. The summed E-state index contributed by atoms with van der Waals surface area (Å²) in [5.74, 6) is -0.811. The zero-order chi connectivity index (χ0) is 15.7. The lowest BCUT2D eigenvalue weighted by atomic mass is 10.2. The van der Waals surface area contributed by atoms with Crippen molar-refractivity contribution in [2.45, 2.75) is 26.4 Å². The highest BCUT2D eigenvalue weighted by Crippen LogP contribution is 2.16. The Kier molecular flexibility index (Phi) is 3.54. The van der Waals surface area contributed by atoms with Crippen molar-refractivity contribution in [3.05, 3.63) is 52.3 Å². The minimum absolute atomic E-state index is 0.269. The van der Waals surface area contributed by atoms with Gasteiger partial charge in [0, 0.05) is 5.69 Å². The summed E-state index contributed by atoms with van der Waals surface area (Å²) in [6.45, 7) is 3.85. The molecule has 0 radical (unpaired) electrons. The van der Waals surface area contributed by atoms with Crippen LogP contribution in [-0.4, -0.2) is 20.7 Å². The van der Waals surface area contributed by atoms with Gasteiger partial charge in [0.15, 0.2) is 5.58 Å². The number of hydrogen-bond donors (Lipinski definition) is 2. The molecule has 114 valence electrons. The van der Waals surface area contributed by atoms with E-state index in [2.05, 4.69) is 15.5 Å². The van der Waals surface area contributed by atoms with Gasteiger partial charge in [-0.3, -0.25) is 14.5 Å². The van der Waals surface area contributed by atoms with Crippen molar-refractivity contribution in [3.63, 3.8) is 0 Å². The van der Waals surface area contributed by atoms with Gasteiger partial charge in [-0.05, 0) is 32.0 Å². The zero-order valence-corrected chi connectivity index (χ0v) is 12.3. The van der Waals surface area contributed by atoms with Gasteiger partial charge in [0.1, 0.15) is 6.04 Å². The predicted molar refractivity (Wildman–Crippen MR) is 80.4 cm³/mol. The van der Waals surface area contributed by atoms with Crippen LogP contribution in [0, 0.1) is 6.92 Å². The number of carbonyl (C=O) groups is 1. The fourth-order valence-corrected chi connectivity index (χ4v) is 2.36. The van der Waals surface area contributed by atoms with Crippen LogP contribution in [0.1, 0.15) is 24.4 Å². The van der Waals surface area contributed by atoms with Crippen molar-refractivity contribution in [1.29, 1.82) is 0 Å². The SMILES string of the molecule is Cc1cc(CNC(=O)C(C)n2c(=O)oc3ccccc32)n[nH]1. The Bertz CT molecular complexity index is 874. The van der Waals surface area contributed by atoms with Crippen LogP contribution in [0.3, 0.4) is 0 Å². The van der Waals surface area contributed by atoms with Gasteiger partial charge < -0.3 is 9.73 Å². The first-order chi connectivity index (χ1) is 10.6. The molecule has 7 heteroatoms. The molecule has 0 aliphatic carbocycles. The monoisotopic (exact) mass is 300 g/mol. The molecule has 7 nitrogen and oxygen atoms in total. The predicted octanol–water partition coefficient (Wildman–Crippen LogP) is 1.50. The Morgan fingerprint density at radius 3 is 2.95 bits per heavy atom. The lowest BCUT2D eigenvalue weighted by Gasteiger charge is -2.12. The zero-order valence-electron chi connectivity index (χ0n) is 12.3. The lowest BCUT2D eigenvalue weighted by molar-refractivity contribution is -0.124. The minimum Gasteiger partial charge on any atom is -0.408 e. The third kappa shape index (κ3) is 2.52. The summed E-state index contributed by atoms with van der Waals surface area (Å²) in [5.41, 5.74) is 2.73. The summed E-state index contributed by atoms with van der Waals surface area (Å²) in [4.78, 5) is 24.2. The maximum Gasteiger partial charge on any atom is 0.420 e. The molecule has 3 aromatic rings. The van der Waals surface area contributed by atoms with Gasteiger partial charge in [0.05, 0.1) is 17.8 Å². The Balaban J connectivity index is 1.80. The molecule has 0 bridgehead atoms. The molecule has 0 saturated carbocycles. The summed E-state index contributed by atoms with van der Waals surface area (Å²) >= 11 is 0. The van der Waals surface area contributed by atoms with E-state index in [0.29, 0.717) is 17.6 Å². The highest BCUT2D eigenvalue weighted by Gasteiger charge is 2.21. The number of aryl methyl sites for hydroxylation is 1. The topological polar surface area (TPSA) is 92.9 Å². The number of H-pyrrole nitrogens is 1. The van der Waals surface area contributed by atoms with Gasteiger partial charge >= 0.3 is 5.76 Å². The average Bonchev–Trinajstić information content (AvgIpc) is 3.06. The second-order valence-corrected chi connectivity index (χ2v) is 5.14. The van der Waals surface area contributed by atoms with Gasteiger partial charge in [-0.15, -0.1) is 0 Å². The quantitative estimate of drug-likeness (QED) is 0.763. The van der Waals surface area contributed by atoms with Gasteiger partial charge in [0.2, 0.25) is 5.91 Å². The lowest BCUT2D eigenvalue weighted by Crippen LogP contribution is -2.34. The number of rotatable bonds is 4. The van der Waals surface area contributed by atoms with E-state index in [1.54, 1.807) is 31.2 Å². The Labute approximate surface area is 125 Å². The summed E-state index contributed by atoms with van der Waals surface area (Å²) < 4.78 is 6.49. The van der Waals surface area contributed by atoms with Crippen LogP contribution in [0.15, 0.2) is 39.5 Å². The number of aromatic nitrogens is 3. The van der Waals surface area contributed by atoms with Gasteiger partial charge in [-0.2, -0.15) is 5.10 Å². The minimum atomic E-state index is -0.670. The van der Waals surface area contributed by atoms with E-state index >= 15 is 0 Å². The third-order valence-corrected chi connectivity index (χ3v) is 3.49. The van der Waals surface area contributed by atoms with Crippen LogP contribution < -0.4 is 11.1 Å². The number of amides is 1. The number of fused-ring (bicyclic) bond motifs is 1. The molecule has 0 spiro atoms. The molecule has 1 aromatic carbocycles. The first-order valence-electron chi connectivity index (χ1n) is 6.95. The van der Waals surface area contributed by atoms with Crippen LogP contribution in [0.4, 0.5) is 0 Å². The molecule has 0 saturated heterocycles. The van der Waals surface area contributed by atoms with Crippen molar-refractivity contribution in [1.82, 2.24) is 20.1 Å². The number of benzene rings is 1. The molecule has 0 aliphatic rings. The normalized spacial score (nSPS) is 12.5. The highest BCUT2D eigenvalue weighted by atomic mass is 16.4. The molecule has 0 aliphatic heterocycles. The van der Waals surface area contributed by atoms with E-state index in [0.717, 1.165) is 11.4 Å². The maximum absolute atomic E-state index is 12.3. The van der Waals surface area contributed by atoms with Gasteiger partial charge in [-0.25, -0.2) is 4.79 Å². The molecule has 0 fully saturated rings. The van der Waals surface area contributed by atoms with Crippen LogP contribution in [0.2, 0.25) is 0 Å². The summed E-state index contributed by atoms with van der Waals surface area (Å²) in [6, 6.07) is 8.21. The number of para-hydroxylation sites is 2. The Morgan fingerprint density at radius 1 is 1.45 bits per heavy atom. The molecule has 2 N–H and O–H groups in total. The van der Waals surface area contributed by atoms with Crippen molar-refractivity contribution in [2.24, 2.45) is 0 Å². The number of hydrogen-bond acceptors (Lipinski definition) is 4. The first-order valence-corrected chi connectivity index (χ1v) is 6.95. The number of aromatic amines is 1. The summed E-state index contributed by atoms with van der Waals surface area (Å²) in [5, 5.41) is 9.63. The number of carbonyl (C=O) groups excluding carboxylic acids is 1. The molecule has 1 atom stereocenters. The molecular weight excluding hydrogens is 284 g/mol. The second-order valence-electron chi connectivity index (χ2n) is 5.14. The number of nitrogens with zero attached hydrogens (tertiary/aromatic N) is 2. The highest BCUT2D eigenvalue weighted by molar-refractivity contribution is 5.82. The number of nitrogens with one attached hydrogen (secondary N) is 2. The van der Waals surface area contributed by atoms with Crippen molar-refractivity contribution in [3.8, 4) is 0 Å². The van der Waals surface area contributed by atoms with Gasteiger partial charge in [0.25, 0.3) is 0 Å². The van der Waals surface area contributed by atoms with Crippen molar-refractivity contribution in [2.75, 3.05) is 0 Å². The van der Waals surface area contributed by atoms with Crippen LogP contribution in [0.5, 0.6) is 0 Å². The molecule has 22 heavy (non-hydrogen) atoms. The smallest absolute Gasteiger partial charge is 0.408 e. The van der Waals surface area contributed by atoms with E-state index in [9.17, 15) is 9.59 Å².